The van der Waals surface area contributed by atoms with E-state index in [9.17, 15) is 8.78 Å². The lowest BCUT2D eigenvalue weighted by Gasteiger charge is -2.37. The van der Waals surface area contributed by atoms with Gasteiger partial charge >= 0.3 is 0 Å². The SMILES string of the molecule is CC1=C(c2ccc(F)cn2)C(c2ccc(OCCN3CC(CF)C3)cc2)Oc2ccc3[nH]ncc3c21. The Balaban J connectivity index is 1.29. The maximum atomic E-state index is 13.7. The summed E-state index contributed by atoms with van der Waals surface area (Å²) in [5.41, 5.74) is 5.36. The third-order valence-corrected chi connectivity index (χ3v) is 6.99. The van der Waals surface area contributed by atoms with Gasteiger partial charge < -0.3 is 9.47 Å². The highest BCUT2D eigenvalue weighted by Crippen LogP contribution is 2.48. The number of allylic oxidation sites excluding steroid dienone is 1. The minimum absolute atomic E-state index is 0.177. The maximum Gasteiger partial charge on any atom is 0.151 e. The van der Waals surface area contributed by atoms with Gasteiger partial charge in [0.15, 0.2) is 6.10 Å². The first kappa shape index (κ1) is 22.7. The Morgan fingerprint density at radius 1 is 1.08 bits per heavy atom. The molecular weight excluding hydrogens is 462 g/mol. The molecule has 184 valence electrons. The molecule has 0 radical (unpaired) electrons. The molecule has 1 fully saturated rings. The lowest BCUT2D eigenvalue weighted by Crippen LogP contribution is -2.49. The fourth-order valence-corrected chi connectivity index (χ4v) is 5.08. The number of nitrogens with zero attached hydrogens (tertiary/aromatic N) is 3. The molecule has 1 saturated heterocycles. The van der Waals surface area contributed by atoms with Gasteiger partial charge in [-0.2, -0.15) is 5.10 Å². The van der Waals surface area contributed by atoms with E-state index in [1.165, 1.54) is 12.3 Å². The van der Waals surface area contributed by atoms with E-state index in [1.54, 1.807) is 12.3 Å². The van der Waals surface area contributed by atoms with Crippen LogP contribution in [-0.4, -0.2) is 53.0 Å². The predicted octanol–water partition coefficient (Wildman–Crippen LogP) is 5.44. The molecule has 2 aromatic carbocycles. The minimum atomic E-state index is -0.424. The summed E-state index contributed by atoms with van der Waals surface area (Å²) in [5.74, 6) is 1.32. The van der Waals surface area contributed by atoms with Crippen molar-refractivity contribution in [1.29, 1.82) is 0 Å². The molecule has 4 aromatic rings. The standard InChI is InChI=1S/C28H26F2N4O2/c1-17-26-22-14-32-33-23(22)8-9-25(26)36-28(27(17)24-7-4-20(30)13-31-24)19-2-5-21(6-3-19)35-11-10-34-15-18(12-29)16-34/h2-9,13-14,18,28H,10-12,15-16H2,1H3,(H,32,33). The zero-order valence-corrected chi connectivity index (χ0v) is 19.9. The Morgan fingerprint density at radius 2 is 1.92 bits per heavy atom. The molecule has 2 aromatic heterocycles. The summed E-state index contributed by atoms with van der Waals surface area (Å²) in [6.07, 6.45) is 2.60. The van der Waals surface area contributed by atoms with Crippen LogP contribution in [0.2, 0.25) is 0 Å². The number of fused-ring (bicyclic) bond motifs is 3. The Morgan fingerprint density at radius 3 is 2.67 bits per heavy atom. The quantitative estimate of drug-likeness (QED) is 0.375. The van der Waals surface area contributed by atoms with Crippen molar-refractivity contribution >= 4 is 22.0 Å². The lowest BCUT2D eigenvalue weighted by molar-refractivity contribution is 0.0668. The number of H-pyrrole nitrogens is 1. The highest BCUT2D eigenvalue weighted by atomic mass is 19.1. The minimum Gasteiger partial charge on any atom is -0.492 e. The summed E-state index contributed by atoms with van der Waals surface area (Å²) in [6.45, 7) is 4.74. The normalized spacial score (nSPS) is 18.1. The first-order valence-electron chi connectivity index (χ1n) is 12.1. The summed E-state index contributed by atoms with van der Waals surface area (Å²) >= 11 is 0. The van der Waals surface area contributed by atoms with Crippen molar-refractivity contribution in [2.24, 2.45) is 5.92 Å². The van der Waals surface area contributed by atoms with Crippen molar-refractivity contribution in [3.63, 3.8) is 0 Å². The molecule has 2 aliphatic heterocycles. The summed E-state index contributed by atoms with van der Waals surface area (Å²) in [4.78, 5) is 6.57. The third-order valence-electron chi connectivity index (χ3n) is 6.99. The van der Waals surface area contributed by atoms with Gasteiger partial charge in [-0.3, -0.25) is 19.4 Å². The van der Waals surface area contributed by atoms with Crippen LogP contribution in [0.15, 0.2) is 60.9 Å². The second kappa shape index (κ2) is 9.35. The molecule has 6 rings (SSSR count). The van der Waals surface area contributed by atoms with E-state index in [0.717, 1.165) is 64.3 Å². The zero-order chi connectivity index (χ0) is 24.6. The number of rotatable bonds is 7. The number of hydrogen-bond donors (Lipinski definition) is 1. The van der Waals surface area contributed by atoms with Crippen LogP contribution in [0, 0.1) is 11.7 Å². The molecule has 2 aliphatic rings. The first-order chi connectivity index (χ1) is 17.6. The molecule has 0 bridgehead atoms. The van der Waals surface area contributed by atoms with Gasteiger partial charge in [0.2, 0.25) is 0 Å². The molecule has 0 aliphatic carbocycles. The molecule has 8 heteroatoms. The number of likely N-dealkylation sites (tertiary alicyclic amines) is 1. The fraction of sp³-hybridized carbons (Fsp3) is 0.286. The van der Waals surface area contributed by atoms with E-state index >= 15 is 0 Å². The monoisotopic (exact) mass is 488 g/mol. The molecule has 4 heterocycles. The van der Waals surface area contributed by atoms with E-state index < -0.39 is 6.10 Å². The van der Waals surface area contributed by atoms with Crippen LogP contribution >= 0.6 is 0 Å². The van der Waals surface area contributed by atoms with Crippen molar-refractivity contribution in [2.45, 2.75) is 13.0 Å². The maximum absolute atomic E-state index is 13.7. The summed E-state index contributed by atoms with van der Waals surface area (Å²) in [6, 6.07) is 14.8. The fourth-order valence-electron chi connectivity index (χ4n) is 5.08. The van der Waals surface area contributed by atoms with E-state index in [-0.39, 0.29) is 18.4 Å². The number of alkyl halides is 1. The largest absolute Gasteiger partial charge is 0.492 e. The van der Waals surface area contributed by atoms with Gasteiger partial charge in [-0.05, 0) is 54.5 Å². The molecule has 1 atom stereocenters. The van der Waals surface area contributed by atoms with Gasteiger partial charge in [-0.15, -0.1) is 0 Å². The van der Waals surface area contributed by atoms with E-state index in [4.69, 9.17) is 9.47 Å². The highest BCUT2D eigenvalue weighted by molar-refractivity contribution is 6.03. The molecule has 36 heavy (non-hydrogen) atoms. The van der Waals surface area contributed by atoms with E-state index in [2.05, 4.69) is 20.1 Å². The summed E-state index contributed by atoms with van der Waals surface area (Å²) < 4.78 is 38.7. The van der Waals surface area contributed by atoms with Gasteiger partial charge in [0, 0.05) is 42.1 Å². The number of ether oxygens (including phenoxy) is 2. The van der Waals surface area contributed by atoms with Crippen LogP contribution in [0.3, 0.4) is 0 Å². The predicted molar refractivity (Wildman–Crippen MR) is 134 cm³/mol. The first-order valence-corrected chi connectivity index (χ1v) is 12.1. The van der Waals surface area contributed by atoms with Gasteiger partial charge in [0.1, 0.15) is 23.9 Å². The number of pyridine rings is 1. The lowest BCUT2D eigenvalue weighted by atomic mass is 9.87. The molecule has 0 spiro atoms. The Labute approximate surface area is 207 Å². The van der Waals surface area contributed by atoms with E-state index in [1.807, 2.05) is 43.3 Å². The second-order valence-corrected chi connectivity index (χ2v) is 9.37. The van der Waals surface area contributed by atoms with Crippen LogP contribution < -0.4 is 9.47 Å². The molecule has 6 nitrogen and oxygen atoms in total. The summed E-state index contributed by atoms with van der Waals surface area (Å²) in [7, 11) is 0. The summed E-state index contributed by atoms with van der Waals surface area (Å²) in [5, 5.41) is 8.17. The number of aromatic nitrogens is 3. The van der Waals surface area contributed by atoms with Crippen molar-refractivity contribution in [1.82, 2.24) is 20.1 Å². The molecule has 1 N–H and O–H groups in total. The van der Waals surface area contributed by atoms with Crippen molar-refractivity contribution in [3.05, 3.63) is 83.6 Å². The number of aromatic amines is 1. The van der Waals surface area contributed by atoms with Gasteiger partial charge in [0.05, 0.1) is 30.3 Å². The molecule has 0 amide bonds. The molecule has 1 unspecified atom stereocenters. The number of halogens is 2. The van der Waals surface area contributed by atoms with Crippen LogP contribution in [0.4, 0.5) is 8.78 Å². The van der Waals surface area contributed by atoms with Gasteiger partial charge in [-0.1, -0.05) is 12.1 Å². The van der Waals surface area contributed by atoms with E-state index in [0.29, 0.717) is 12.3 Å². The Bertz CT molecular complexity index is 1410. The molecular formula is C28H26F2N4O2. The third kappa shape index (κ3) is 4.11. The number of hydrogen-bond acceptors (Lipinski definition) is 5. The highest BCUT2D eigenvalue weighted by Gasteiger charge is 2.31. The number of benzene rings is 2. The van der Waals surface area contributed by atoms with Crippen LogP contribution in [0.5, 0.6) is 11.5 Å². The van der Waals surface area contributed by atoms with Crippen LogP contribution in [0.1, 0.15) is 29.8 Å². The van der Waals surface area contributed by atoms with Gasteiger partial charge in [-0.25, -0.2) is 4.39 Å². The van der Waals surface area contributed by atoms with Crippen LogP contribution in [-0.2, 0) is 0 Å². The number of nitrogens with one attached hydrogen (secondary N) is 1. The van der Waals surface area contributed by atoms with Crippen LogP contribution in [0.25, 0.3) is 22.0 Å². The smallest absolute Gasteiger partial charge is 0.151 e. The average molecular weight is 489 g/mol. The topological polar surface area (TPSA) is 63.3 Å². The second-order valence-electron chi connectivity index (χ2n) is 9.37. The zero-order valence-electron chi connectivity index (χ0n) is 19.9. The van der Waals surface area contributed by atoms with Crippen molar-refractivity contribution in [2.75, 3.05) is 32.9 Å². The van der Waals surface area contributed by atoms with Crippen molar-refractivity contribution < 1.29 is 18.3 Å². The van der Waals surface area contributed by atoms with Crippen molar-refractivity contribution in [3.8, 4) is 11.5 Å². The Kier molecular flexibility index (Phi) is 5.89. The average Bonchev–Trinajstić information content (AvgIpc) is 3.35. The molecule has 0 saturated carbocycles. The van der Waals surface area contributed by atoms with Gasteiger partial charge in [0.25, 0.3) is 0 Å². The Hall–Kier alpha value is -3.78.